The van der Waals surface area contributed by atoms with Crippen LogP contribution in [0, 0.1) is 0 Å². The Bertz CT molecular complexity index is 1370. The molecule has 0 aromatic heterocycles. The highest BCUT2D eigenvalue weighted by molar-refractivity contribution is 6.05. The van der Waals surface area contributed by atoms with Crippen molar-refractivity contribution in [2.24, 2.45) is 0 Å². The van der Waals surface area contributed by atoms with Gasteiger partial charge >= 0.3 is 0 Å². The lowest BCUT2D eigenvalue weighted by atomic mass is 9.82. The van der Waals surface area contributed by atoms with Crippen molar-refractivity contribution in [2.75, 3.05) is 32.8 Å². The number of phenolic OH excluding ortho intramolecular Hbond substituents is 2. The van der Waals surface area contributed by atoms with Gasteiger partial charge < -0.3 is 24.4 Å². The van der Waals surface area contributed by atoms with Crippen LogP contribution in [0.25, 0.3) is 11.1 Å². The molecule has 0 spiro atoms. The van der Waals surface area contributed by atoms with Crippen molar-refractivity contribution in [3.05, 3.63) is 77.4 Å². The third-order valence-corrected chi connectivity index (χ3v) is 7.45. The summed E-state index contributed by atoms with van der Waals surface area (Å²) in [4.78, 5) is 15.3. The molecule has 3 aromatic carbocycles. The van der Waals surface area contributed by atoms with Crippen molar-refractivity contribution in [1.29, 1.82) is 0 Å². The quantitative estimate of drug-likeness (QED) is 0.475. The van der Waals surface area contributed by atoms with E-state index < -0.39 is 6.10 Å². The van der Waals surface area contributed by atoms with Gasteiger partial charge in [0.15, 0.2) is 5.78 Å². The van der Waals surface area contributed by atoms with Gasteiger partial charge in [-0.2, -0.15) is 0 Å². The van der Waals surface area contributed by atoms with E-state index in [1.807, 2.05) is 24.3 Å². The molecule has 0 radical (unpaired) electrons. The Labute approximate surface area is 221 Å². The van der Waals surface area contributed by atoms with Gasteiger partial charge in [-0.25, -0.2) is 0 Å². The molecular formula is C31H31NO6. The second-order valence-corrected chi connectivity index (χ2v) is 10.1. The molecule has 1 saturated heterocycles. The van der Waals surface area contributed by atoms with Gasteiger partial charge in [-0.3, -0.25) is 9.69 Å². The number of benzene rings is 3. The Morgan fingerprint density at radius 3 is 2.34 bits per heavy atom. The van der Waals surface area contributed by atoms with Crippen molar-refractivity contribution >= 4 is 16.9 Å². The Morgan fingerprint density at radius 2 is 1.58 bits per heavy atom. The number of nitrogens with zero attached hydrogens (tertiary/aromatic N) is 1. The fraction of sp³-hybridized carbons (Fsp3) is 0.323. The number of carbonyl (C=O) groups excluding carboxylic acids is 1. The predicted molar refractivity (Wildman–Crippen MR) is 144 cm³/mol. The number of likely N-dealkylation sites (tertiary alicyclic amines) is 1. The Balaban J connectivity index is 1.35. The maximum atomic E-state index is 12.8. The molecule has 6 rings (SSSR count). The van der Waals surface area contributed by atoms with Crippen LogP contribution in [0.15, 0.2) is 60.7 Å². The van der Waals surface area contributed by atoms with E-state index in [0.717, 1.165) is 53.2 Å². The summed E-state index contributed by atoms with van der Waals surface area (Å²) in [5, 5.41) is 20.3. The summed E-state index contributed by atoms with van der Waals surface area (Å²) < 4.78 is 18.3. The van der Waals surface area contributed by atoms with Crippen molar-refractivity contribution < 1.29 is 29.2 Å². The Kier molecular flexibility index (Phi) is 6.68. The zero-order valence-corrected chi connectivity index (χ0v) is 21.2. The van der Waals surface area contributed by atoms with E-state index in [-0.39, 0.29) is 30.3 Å². The van der Waals surface area contributed by atoms with E-state index in [1.165, 1.54) is 25.3 Å². The monoisotopic (exact) mass is 513 g/mol. The number of aromatic hydroxyl groups is 2. The molecule has 3 aliphatic heterocycles. The molecule has 0 aliphatic carbocycles. The summed E-state index contributed by atoms with van der Waals surface area (Å²) in [5.74, 6) is 1.81. The standard InChI is InChI=1S/C31H31NO6/c33-21-7-11-26-28(17-21)37-19-23(35)16-27-25-10-6-22(34)18-29(25)38-31(30(26)27)20-4-8-24(9-5-20)36-15-14-32-12-2-1-3-13-32/h4-11,17-18,31,33-34H,1-3,12-16,19H2. The first-order valence-electron chi connectivity index (χ1n) is 13.2. The highest BCUT2D eigenvalue weighted by atomic mass is 16.5. The molecule has 1 unspecified atom stereocenters. The molecule has 0 saturated carbocycles. The molecule has 1 atom stereocenters. The first-order chi connectivity index (χ1) is 18.5. The van der Waals surface area contributed by atoms with Gasteiger partial charge in [0.05, 0.1) is 0 Å². The first-order valence-corrected chi connectivity index (χ1v) is 13.2. The van der Waals surface area contributed by atoms with Crippen LogP contribution in [-0.2, 0) is 4.79 Å². The second-order valence-electron chi connectivity index (χ2n) is 10.1. The Hall–Kier alpha value is -3.97. The molecule has 7 heteroatoms. The van der Waals surface area contributed by atoms with Gasteiger partial charge in [0.1, 0.15) is 48.1 Å². The molecular weight excluding hydrogens is 482 g/mol. The minimum absolute atomic E-state index is 0.0589. The summed E-state index contributed by atoms with van der Waals surface area (Å²) in [7, 11) is 0. The average Bonchev–Trinajstić information content (AvgIpc) is 2.92. The number of allylic oxidation sites excluding steroid dienone is 1. The van der Waals surface area contributed by atoms with E-state index in [1.54, 1.807) is 30.3 Å². The number of hydrogen-bond acceptors (Lipinski definition) is 7. The molecule has 3 heterocycles. The first kappa shape index (κ1) is 24.4. The zero-order valence-electron chi connectivity index (χ0n) is 21.2. The van der Waals surface area contributed by atoms with Crippen LogP contribution in [0.2, 0.25) is 0 Å². The predicted octanol–water partition coefficient (Wildman–Crippen LogP) is 5.36. The molecule has 38 heavy (non-hydrogen) atoms. The summed E-state index contributed by atoms with van der Waals surface area (Å²) in [6, 6.07) is 17.7. The van der Waals surface area contributed by atoms with E-state index in [9.17, 15) is 15.0 Å². The molecule has 3 aromatic rings. The number of hydrogen-bond donors (Lipinski definition) is 2. The van der Waals surface area contributed by atoms with Gasteiger partial charge in [0.2, 0.25) is 0 Å². The van der Waals surface area contributed by atoms with Crippen molar-refractivity contribution in [3.63, 3.8) is 0 Å². The van der Waals surface area contributed by atoms with E-state index in [4.69, 9.17) is 14.2 Å². The third kappa shape index (κ3) is 4.94. The van der Waals surface area contributed by atoms with Gasteiger partial charge in [-0.1, -0.05) is 18.6 Å². The van der Waals surface area contributed by atoms with Gasteiger partial charge in [0.25, 0.3) is 0 Å². The number of piperidine rings is 1. The number of fused-ring (bicyclic) bond motifs is 4. The maximum Gasteiger partial charge on any atom is 0.174 e. The minimum atomic E-state index is -0.556. The highest BCUT2D eigenvalue weighted by Gasteiger charge is 2.35. The molecule has 0 bridgehead atoms. The summed E-state index contributed by atoms with van der Waals surface area (Å²) in [6.07, 6.45) is 3.45. The molecule has 3 aliphatic rings. The summed E-state index contributed by atoms with van der Waals surface area (Å²) in [6.45, 7) is 3.75. The SMILES string of the molecule is O=C1COc2cc(O)ccc2C2=C(C1)c1ccc(O)cc1OC2c1ccc(OCCN2CCCCC2)cc1. The van der Waals surface area contributed by atoms with Crippen LogP contribution in [0.1, 0.15) is 48.5 Å². The Morgan fingerprint density at radius 1 is 0.868 bits per heavy atom. The van der Waals surface area contributed by atoms with E-state index >= 15 is 0 Å². The van der Waals surface area contributed by atoms with Crippen molar-refractivity contribution in [3.8, 4) is 28.7 Å². The fourth-order valence-corrected chi connectivity index (χ4v) is 5.55. The zero-order chi connectivity index (χ0) is 26.1. The highest BCUT2D eigenvalue weighted by Crippen LogP contribution is 2.51. The average molecular weight is 514 g/mol. The number of Topliss-reactive ketones (excluding diaryl/α,β-unsaturated/α-hetero) is 1. The number of rotatable bonds is 5. The number of carbonyl (C=O) groups is 1. The fourth-order valence-electron chi connectivity index (χ4n) is 5.55. The molecule has 0 amide bonds. The molecule has 2 N–H and O–H groups in total. The minimum Gasteiger partial charge on any atom is -0.508 e. The van der Waals surface area contributed by atoms with Crippen LogP contribution < -0.4 is 14.2 Å². The van der Waals surface area contributed by atoms with Crippen LogP contribution in [0.4, 0.5) is 0 Å². The molecule has 7 nitrogen and oxygen atoms in total. The largest absolute Gasteiger partial charge is 0.508 e. The van der Waals surface area contributed by atoms with Gasteiger partial charge in [-0.05, 0) is 73.5 Å². The number of ketones is 1. The third-order valence-electron chi connectivity index (χ3n) is 7.45. The van der Waals surface area contributed by atoms with Crippen molar-refractivity contribution in [2.45, 2.75) is 31.8 Å². The van der Waals surface area contributed by atoms with Crippen LogP contribution >= 0.6 is 0 Å². The van der Waals surface area contributed by atoms with Crippen LogP contribution in [0.5, 0.6) is 28.7 Å². The summed E-state index contributed by atoms with van der Waals surface area (Å²) >= 11 is 0. The lowest BCUT2D eigenvalue weighted by molar-refractivity contribution is -0.120. The smallest absolute Gasteiger partial charge is 0.174 e. The molecule has 1 fully saturated rings. The normalized spacial score (nSPS) is 19.3. The lowest BCUT2D eigenvalue weighted by Crippen LogP contribution is -2.33. The topological polar surface area (TPSA) is 88.5 Å². The number of phenols is 2. The summed E-state index contributed by atoms with van der Waals surface area (Å²) in [5.41, 5.74) is 4.04. The van der Waals surface area contributed by atoms with E-state index in [2.05, 4.69) is 4.90 Å². The van der Waals surface area contributed by atoms with E-state index in [0.29, 0.717) is 18.1 Å². The van der Waals surface area contributed by atoms with Crippen molar-refractivity contribution in [1.82, 2.24) is 4.90 Å². The van der Waals surface area contributed by atoms with Gasteiger partial charge in [-0.15, -0.1) is 0 Å². The van der Waals surface area contributed by atoms with Crippen LogP contribution in [-0.4, -0.2) is 53.7 Å². The van der Waals surface area contributed by atoms with Gasteiger partial charge in [0, 0.05) is 41.8 Å². The second kappa shape index (κ2) is 10.4. The lowest BCUT2D eigenvalue weighted by Gasteiger charge is -2.33. The maximum absolute atomic E-state index is 12.8. The van der Waals surface area contributed by atoms with Crippen LogP contribution in [0.3, 0.4) is 0 Å². The number of ether oxygens (including phenoxy) is 3. The molecule has 196 valence electrons.